The molecular formula is C25H23N5OS. The predicted octanol–water partition coefficient (Wildman–Crippen LogP) is 4.03. The molecule has 4 aromatic rings. The molecule has 160 valence electrons. The molecule has 1 unspecified atom stereocenters. The van der Waals surface area contributed by atoms with Crippen LogP contribution in [-0.4, -0.2) is 45.9 Å². The first-order chi connectivity index (χ1) is 15.7. The van der Waals surface area contributed by atoms with Gasteiger partial charge in [-0.3, -0.25) is 14.6 Å². The summed E-state index contributed by atoms with van der Waals surface area (Å²) in [5.41, 5.74) is 2.04. The number of benzene rings is 2. The molecule has 1 aliphatic heterocycles. The monoisotopic (exact) mass is 441 g/mol. The Balaban J connectivity index is 1.28. The number of hydrogen-bond acceptors (Lipinski definition) is 6. The zero-order valence-corrected chi connectivity index (χ0v) is 18.4. The molecule has 0 amide bonds. The number of H-pyrrole nitrogens is 1. The van der Waals surface area contributed by atoms with E-state index in [1.165, 1.54) is 0 Å². The first-order valence-corrected chi connectivity index (χ1v) is 11.5. The van der Waals surface area contributed by atoms with Gasteiger partial charge in [-0.15, -0.1) is 11.3 Å². The fourth-order valence-electron chi connectivity index (χ4n) is 4.19. The summed E-state index contributed by atoms with van der Waals surface area (Å²) in [6.45, 7) is 3.85. The highest BCUT2D eigenvalue weighted by Gasteiger charge is 2.25. The molecule has 2 aromatic carbocycles. The topological polar surface area (TPSA) is 76.0 Å². The van der Waals surface area contributed by atoms with E-state index in [2.05, 4.69) is 20.9 Å². The zero-order chi connectivity index (χ0) is 21.9. The lowest BCUT2D eigenvalue weighted by atomic mass is 10.1. The lowest BCUT2D eigenvalue weighted by molar-refractivity contribution is 0.107. The number of nitriles is 1. The highest BCUT2D eigenvalue weighted by molar-refractivity contribution is 7.21. The van der Waals surface area contributed by atoms with Crippen LogP contribution in [-0.2, 0) is 6.54 Å². The predicted molar refractivity (Wildman–Crippen MR) is 127 cm³/mol. The van der Waals surface area contributed by atoms with Gasteiger partial charge in [0, 0.05) is 31.1 Å². The summed E-state index contributed by atoms with van der Waals surface area (Å²) in [5, 5.41) is 10.3. The molecular weight excluding hydrogens is 418 g/mol. The van der Waals surface area contributed by atoms with Crippen LogP contribution in [0.15, 0.2) is 71.5 Å². The number of aromatic amines is 1. The van der Waals surface area contributed by atoms with Crippen molar-refractivity contribution in [3.8, 4) is 16.5 Å². The summed E-state index contributed by atoms with van der Waals surface area (Å²) >= 11 is 1.55. The van der Waals surface area contributed by atoms with Crippen molar-refractivity contribution < 1.29 is 0 Å². The number of aromatic nitrogens is 2. The summed E-state index contributed by atoms with van der Waals surface area (Å²) in [4.78, 5) is 26.7. The number of hydrogen-bond donors (Lipinski definition) is 1. The van der Waals surface area contributed by atoms with Gasteiger partial charge in [-0.25, -0.2) is 4.98 Å². The number of fused-ring (bicyclic) bond motifs is 1. The summed E-state index contributed by atoms with van der Waals surface area (Å²) < 4.78 is 0. The zero-order valence-electron chi connectivity index (χ0n) is 17.6. The quantitative estimate of drug-likeness (QED) is 0.506. The van der Waals surface area contributed by atoms with E-state index in [1.807, 2.05) is 66.7 Å². The van der Waals surface area contributed by atoms with Crippen molar-refractivity contribution in [3.63, 3.8) is 0 Å². The Morgan fingerprint density at radius 1 is 1.03 bits per heavy atom. The molecule has 7 heteroatoms. The fourth-order valence-corrected chi connectivity index (χ4v) is 5.25. The molecule has 0 radical (unpaired) electrons. The van der Waals surface area contributed by atoms with Crippen LogP contribution in [0.1, 0.15) is 17.4 Å². The molecule has 2 aromatic heterocycles. The van der Waals surface area contributed by atoms with E-state index in [1.54, 1.807) is 11.3 Å². The van der Waals surface area contributed by atoms with E-state index in [4.69, 9.17) is 4.98 Å². The van der Waals surface area contributed by atoms with E-state index in [9.17, 15) is 10.1 Å². The van der Waals surface area contributed by atoms with Crippen molar-refractivity contribution >= 4 is 21.6 Å². The fraction of sp³-hybridized carbons (Fsp3) is 0.240. The molecule has 0 aliphatic carbocycles. The molecule has 3 heterocycles. The lowest BCUT2D eigenvalue weighted by Gasteiger charge is -2.36. The minimum atomic E-state index is -0.227. The van der Waals surface area contributed by atoms with Crippen molar-refractivity contribution in [1.29, 1.82) is 5.26 Å². The van der Waals surface area contributed by atoms with Gasteiger partial charge in [-0.1, -0.05) is 60.7 Å². The third-order valence-electron chi connectivity index (χ3n) is 5.89. The molecule has 1 aliphatic rings. The Hall–Kier alpha value is -3.31. The van der Waals surface area contributed by atoms with Crippen molar-refractivity contribution in [2.24, 2.45) is 0 Å². The van der Waals surface area contributed by atoms with Crippen LogP contribution in [0, 0.1) is 11.3 Å². The van der Waals surface area contributed by atoms with Gasteiger partial charge in [0.1, 0.15) is 16.7 Å². The SMILES string of the molecule is N#CC(c1ccccc1)N1CCN(Cc2nc3sc(-c4ccccc4)cc3c(=O)[nH]2)CC1. The third-order valence-corrected chi connectivity index (χ3v) is 6.97. The minimum Gasteiger partial charge on any atom is -0.309 e. The Morgan fingerprint density at radius 2 is 1.72 bits per heavy atom. The van der Waals surface area contributed by atoms with Gasteiger partial charge in [0.25, 0.3) is 5.56 Å². The second kappa shape index (κ2) is 9.05. The van der Waals surface area contributed by atoms with E-state index >= 15 is 0 Å². The molecule has 1 fully saturated rings. The molecule has 0 bridgehead atoms. The maximum Gasteiger partial charge on any atom is 0.259 e. The van der Waals surface area contributed by atoms with Crippen LogP contribution in [0.25, 0.3) is 20.7 Å². The third kappa shape index (κ3) is 4.21. The number of nitrogens with zero attached hydrogens (tertiary/aromatic N) is 4. The van der Waals surface area contributed by atoms with Gasteiger partial charge in [0.05, 0.1) is 18.0 Å². The highest BCUT2D eigenvalue weighted by atomic mass is 32.1. The van der Waals surface area contributed by atoms with Gasteiger partial charge in [0.15, 0.2) is 0 Å². The summed E-state index contributed by atoms with van der Waals surface area (Å²) in [7, 11) is 0. The van der Waals surface area contributed by atoms with Crippen LogP contribution in [0.5, 0.6) is 0 Å². The van der Waals surface area contributed by atoms with Crippen LogP contribution in [0.2, 0.25) is 0 Å². The Labute approximate surface area is 190 Å². The molecule has 0 spiro atoms. The molecule has 32 heavy (non-hydrogen) atoms. The lowest BCUT2D eigenvalue weighted by Crippen LogP contribution is -2.47. The largest absolute Gasteiger partial charge is 0.309 e. The molecule has 0 saturated carbocycles. The van der Waals surface area contributed by atoms with Crippen molar-refractivity contribution in [3.05, 3.63) is 88.5 Å². The summed E-state index contributed by atoms with van der Waals surface area (Å²) in [5.74, 6) is 0.692. The van der Waals surface area contributed by atoms with E-state index < -0.39 is 0 Å². The number of nitrogens with one attached hydrogen (secondary N) is 1. The molecule has 1 atom stereocenters. The average molecular weight is 442 g/mol. The van der Waals surface area contributed by atoms with E-state index in [0.29, 0.717) is 17.8 Å². The Kier molecular flexibility index (Phi) is 5.82. The van der Waals surface area contributed by atoms with Crippen LogP contribution >= 0.6 is 11.3 Å². The Morgan fingerprint density at radius 3 is 2.41 bits per heavy atom. The van der Waals surface area contributed by atoms with Crippen LogP contribution in [0.3, 0.4) is 0 Å². The highest BCUT2D eigenvalue weighted by Crippen LogP contribution is 2.30. The van der Waals surface area contributed by atoms with Gasteiger partial charge in [-0.05, 0) is 17.2 Å². The van der Waals surface area contributed by atoms with Gasteiger partial charge >= 0.3 is 0 Å². The number of piperazine rings is 1. The molecule has 1 N–H and O–H groups in total. The van der Waals surface area contributed by atoms with Crippen molar-refractivity contribution in [2.75, 3.05) is 26.2 Å². The second-order valence-electron chi connectivity index (χ2n) is 7.96. The van der Waals surface area contributed by atoms with Gasteiger partial charge in [-0.2, -0.15) is 5.26 Å². The first-order valence-electron chi connectivity index (χ1n) is 10.7. The molecule has 1 saturated heterocycles. The van der Waals surface area contributed by atoms with Gasteiger partial charge in [0.2, 0.25) is 0 Å². The number of thiophene rings is 1. The van der Waals surface area contributed by atoms with Crippen LogP contribution < -0.4 is 5.56 Å². The van der Waals surface area contributed by atoms with Crippen molar-refractivity contribution in [1.82, 2.24) is 19.8 Å². The second-order valence-corrected chi connectivity index (χ2v) is 8.99. The maximum absolute atomic E-state index is 12.7. The molecule has 5 rings (SSSR count). The standard InChI is InChI=1S/C25H23N5OS/c26-16-21(18-7-3-1-4-8-18)30-13-11-29(12-14-30)17-23-27-24(31)20-15-22(32-25(20)28-23)19-9-5-2-6-10-19/h1-10,15,21H,11-14,17H2,(H,27,28,31). The van der Waals surface area contributed by atoms with E-state index in [-0.39, 0.29) is 11.6 Å². The van der Waals surface area contributed by atoms with Crippen molar-refractivity contribution in [2.45, 2.75) is 12.6 Å². The van der Waals surface area contributed by atoms with Gasteiger partial charge < -0.3 is 4.98 Å². The summed E-state index contributed by atoms with van der Waals surface area (Å²) in [6, 6.07) is 24.1. The number of rotatable bonds is 5. The van der Waals surface area contributed by atoms with E-state index in [0.717, 1.165) is 47.0 Å². The smallest absolute Gasteiger partial charge is 0.259 e. The first kappa shape index (κ1) is 20.6. The maximum atomic E-state index is 12.7. The average Bonchev–Trinajstić information content (AvgIpc) is 3.27. The minimum absolute atomic E-state index is 0.0873. The summed E-state index contributed by atoms with van der Waals surface area (Å²) in [6.07, 6.45) is 0. The van der Waals surface area contributed by atoms with Crippen LogP contribution in [0.4, 0.5) is 0 Å². The normalized spacial score (nSPS) is 16.1. The molecule has 6 nitrogen and oxygen atoms in total. The Bertz CT molecular complexity index is 1300.